The third-order valence-electron chi connectivity index (χ3n) is 3.56. The van der Waals surface area contributed by atoms with Gasteiger partial charge in [0.25, 0.3) is 0 Å². The summed E-state index contributed by atoms with van der Waals surface area (Å²) in [4.78, 5) is 11.0. The molecule has 0 heterocycles. The Bertz CT molecular complexity index is 525. The Labute approximate surface area is 121 Å². The summed E-state index contributed by atoms with van der Waals surface area (Å²) in [7, 11) is 0. The summed E-state index contributed by atoms with van der Waals surface area (Å²) < 4.78 is 0. The van der Waals surface area contributed by atoms with Gasteiger partial charge in [-0.1, -0.05) is 54.6 Å². The molecule has 0 aliphatic carbocycles. The monoisotopic (exact) mass is 266 g/mol. The van der Waals surface area contributed by atoms with Crippen LogP contribution in [0.15, 0.2) is 54.6 Å². The van der Waals surface area contributed by atoms with E-state index < -0.39 is 0 Å². The van der Waals surface area contributed by atoms with Gasteiger partial charge in [-0.25, -0.2) is 0 Å². The summed E-state index contributed by atoms with van der Waals surface area (Å²) in [6, 6.07) is 19.3. The lowest BCUT2D eigenvalue weighted by atomic mass is 10.0. The van der Waals surface area contributed by atoms with Crippen LogP contribution in [0.1, 0.15) is 36.5 Å². The molecule has 2 aromatic carbocycles. The maximum atomic E-state index is 11.0. The van der Waals surface area contributed by atoms with Crippen molar-refractivity contribution in [2.45, 2.75) is 39.0 Å². The Morgan fingerprint density at radius 2 is 1.25 bits per heavy atom. The van der Waals surface area contributed by atoms with Gasteiger partial charge in [0.1, 0.15) is 5.78 Å². The van der Waals surface area contributed by atoms with Gasteiger partial charge in [0, 0.05) is 6.42 Å². The topological polar surface area (TPSA) is 17.1 Å². The number of rotatable bonds is 7. The summed E-state index contributed by atoms with van der Waals surface area (Å²) >= 11 is 0. The molecule has 0 bridgehead atoms. The van der Waals surface area contributed by atoms with E-state index in [1.54, 1.807) is 6.92 Å². The fraction of sp³-hybridized carbons (Fsp3) is 0.316. The van der Waals surface area contributed by atoms with E-state index in [0.717, 1.165) is 19.3 Å². The molecule has 20 heavy (non-hydrogen) atoms. The zero-order chi connectivity index (χ0) is 14.2. The Morgan fingerprint density at radius 3 is 1.80 bits per heavy atom. The molecule has 0 fully saturated rings. The van der Waals surface area contributed by atoms with Crippen LogP contribution in [0.3, 0.4) is 0 Å². The highest BCUT2D eigenvalue weighted by Crippen LogP contribution is 2.11. The summed E-state index contributed by atoms with van der Waals surface area (Å²) in [6.07, 6.45) is 4.93. The Hall–Kier alpha value is -1.89. The molecule has 0 saturated carbocycles. The van der Waals surface area contributed by atoms with Crippen LogP contribution < -0.4 is 0 Å². The van der Waals surface area contributed by atoms with Gasteiger partial charge >= 0.3 is 0 Å². The van der Waals surface area contributed by atoms with Crippen molar-refractivity contribution in [1.82, 2.24) is 0 Å². The zero-order valence-corrected chi connectivity index (χ0v) is 12.1. The van der Waals surface area contributed by atoms with Crippen molar-refractivity contribution in [1.29, 1.82) is 0 Å². The molecule has 2 rings (SSSR count). The van der Waals surface area contributed by atoms with Gasteiger partial charge in [-0.3, -0.25) is 0 Å². The number of ketones is 1. The van der Waals surface area contributed by atoms with E-state index in [-0.39, 0.29) is 5.78 Å². The maximum Gasteiger partial charge on any atom is 0.130 e. The van der Waals surface area contributed by atoms with Crippen molar-refractivity contribution < 1.29 is 4.79 Å². The van der Waals surface area contributed by atoms with Crippen LogP contribution in [0.25, 0.3) is 0 Å². The predicted molar refractivity (Wildman–Crippen MR) is 83.9 cm³/mol. The molecular formula is C19H22O. The lowest BCUT2D eigenvalue weighted by Crippen LogP contribution is -1.95. The number of aryl methyl sites for hydroxylation is 3. The predicted octanol–water partition coefficient (Wildman–Crippen LogP) is 4.38. The number of carbonyl (C=O) groups excluding carboxylic acids is 1. The minimum atomic E-state index is 0.261. The van der Waals surface area contributed by atoms with Gasteiger partial charge in [-0.15, -0.1) is 0 Å². The zero-order valence-electron chi connectivity index (χ0n) is 12.1. The van der Waals surface area contributed by atoms with Crippen LogP contribution in [0.2, 0.25) is 0 Å². The molecule has 0 aromatic heterocycles. The van der Waals surface area contributed by atoms with Crippen molar-refractivity contribution in [2.24, 2.45) is 0 Å². The number of benzene rings is 2. The largest absolute Gasteiger partial charge is 0.300 e. The normalized spacial score (nSPS) is 10.4. The molecule has 0 saturated heterocycles. The van der Waals surface area contributed by atoms with Crippen LogP contribution in [0.4, 0.5) is 0 Å². The smallest absolute Gasteiger partial charge is 0.130 e. The SMILES string of the molecule is CC(=O)CCc1ccc(CCCc2ccccc2)cc1. The number of hydrogen-bond donors (Lipinski definition) is 0. The molecule has 1 nitrogen and oxygen atoms in total. The number of carbonyl (C=O) groups is 1. The van der Waals surface area contributed by atoms with Crippen LogP contribution in [0, 0.1) is 0 Å². The van der Waals surface area contributed by atoms with Gasteiger partial charge in [-0.05, 0) is 49.3 Å². The summed E-state index contributed by atoms with van der Waals surface area (Å²) in [5.74, 6) is 0.261. The van der Waals surface area contributed by atoms with E-state index in [1.807, 2.05) is 0 Å². The van der Waals surface area contributed by atoms with Gasteiger partial charge in [0.05, 0.1) is 0 Å². The van der Waals surface area contributed by atoms with Crippen LogP contribution in [-0.2, 0) is 24.1 Å². The second kappa shape index (κ2) is 7.64. The van der Waals surface area contributed by atoms with Crippen molar-refractivity contribution in [3.63, 3.8) is 0 Å². The standard InChI is InChI=1S/C19H22O/c1-16(20)10-11-19-14-12-18(13-15-19)9-5-8-17-6-3-2-4-7-17/h2-4,6-7,12-15H,5,8-11H2,1H3. The summed E-state index contributed by atoms with van der Waals surface area (Å²) in [6.45, 7) is 1.65. The molecular weight excluding hydrogens is 244 g/mol. The molecule has 0 spiro atoms. The first-order valence-electron chi connectivity index (χ1n) is 7.35. The highest BCUT2D eigenvalue weighted by molar-refractivity contribution is 5.75. The molecule has 104 valence electrons. The third kappa shape index (κ3) is 5.00. The van der Waals surface area contributed by atoms with Crippen LogP contribution >= 0.6 is 0 Å². The lowest BCUT2D eigenvalue weighted by molar-refractivity contribution is -0.116. The van der Waals surface area contributed by atoms with E-state index in [2.05, 4.69) is 54.6 Å². The van der Waals surface area contributed by atoms with Gasteiger partial charge in [0.2, 0.25) is 0 Å². The lowest BCUT2D eigenvalue weighted by Gasteiger charge is -2.04. The Kier molecular flexibility index (Phi) is 5.55. The third-order valence-corrected chi connectivity index (χ3v) is 3.56. The van der Waals surface area contributed by atoms with E-state index in [0.29, 0.717) is 6.42 Å². The van der Waals surface area contributed by atoms with Gasteiger partial charge in [-0.2, -0.15) is 0 Å². The molecule has 0 amide bonds. The average molecular weight is 266 g/mol. The number of hydrogen-bond acceptors (Lipinski definition) is 1. The summed E-state index contributed by atoms with van der Waals surface area (Å²) in [5.41, 5.74) is 4.05. The Balaban J connectivity index is 1.77. The first kappa shape index (κ1) is 14.5. The Morgan fingerprint density at radius 1 is 0.750 bits per heavy atom. The van der Waals surface area contributed by atoms with Crippen molar-refractivity contribution >= 4 is 5.78 Å². The first-order valence-corrected chi connectivity index (χ1v) is 7.35. The molecule has 0 atom stereocenters. The average Bonchev–Trinajstić information content (AvgIpc) is 2.47. The van der Waals surface area contributed by atoms with Crippen molar-refractivity contribution in [2.75, 3.05) is 0 Å². The first-order chi connectivity index (χ1) is 9.74. The van der Waals surface area contributed by atoms with E-state index in [9.17, 15) is 4.79 Å². The highest BCUT2D eigenvalue weighted by atomic mass is 16.1. The van der Waals surface area contributed by atoms with Crippen LogP contribution in [-0.4, -0.2) is 5.78 Å². The molecule has 0 aliphatic heterocycles. The number of Topliss-reactive ketones (excluding diaryl/α,β-unsaturated/α-hetero) is 1. The van der Waals surface area contributed by atoms with Crippen molar-refractivity contribution in [3.05, 3.63) is 71.3 Å². The van der Waals surface area contributed by atoms with Gasteiger partial charge < -0.3 is 4.79 Å². The molecule has 1 heteroatoms. The molecule has 0 aliphatic rings. The van der Waals surface area contributed by atoms with Crippen LogP contribution in [0.5, 0.6) is 0 Å². The fourth-order valence-corrected chi connectivity index (χ4v) is 2.33. The second-order valence-corrected chi connectivity index (χ2v) is 5.36. The molecule has 2 aromatic rings. The maximum absolute atomic E-state index is 11.0. The van der Waals surface area contributed by atoms with E-state index in [4.69, 9.17) is 0 Å². The highest BCUT2D eigenvalue weighted by Gasteiger charge is 1.99. The van der Waals surface area contributed by atoms with E-state index >= 15 is 0 Å². The van der Waals surface area contributed by atoms with E-state index in [1.165, 1.54) is 23.1 Å². The second-order valence-electron chi connectivity index (χ2n) is 5.36. The summed E-state index contributed by atoms with van der Waals surface area (Å²) in [5, 5.41) is 0. The molecule has 0 unspecified atom stereocenters. The molecule has 0 radical (unpaired) electrons. The minimum Gasteiger partial charge on any atom is -0.300 e. The van der Waals surface area contributed by atoms with Crippen molar-refractivity contribution in [3.8, 4) is 0 Å². The fourth-order valence-electron chi connectivity index (χ4n) is 2.33. The quantitative estimate of drug-likeness (QED) is 0.726. The molecule has 0 N–H and O–H groups in total. The van der Waals surface area contributed by atoms with Gasteiger partial charge in [0.15, 0.2) is 0 Å². The minimum absolute atomic E-state index is 0.261.